The molecular formula is C15H12N2O3. The summed E-state index contributed by atoms with van der Waals surface area (Å²) in [6.45, 7) is 0. The number of carboxylic acid groups (broad SMARTS) is 1. The molecule has 0 fully saturated rings. The van der Waals surface area contributed by atoms with Gasteiger partial charge in [0.05, 0.1) is 5.56 Å². The molecule has 0 unspecified atom stereocenters. The van der Waals surface area contributed by atoms with Crippen molar-refractivity contribution >= 4 is 23.6 Å². The van der Waals surface area contributed by atoms with Crippen LogP contribution >= 0.6 is 0 Å². The van der Waals surface area contributed by atoms with E-state index in [1.807, 2.05) is 0 Å². The van der Waals surface area contributed by atoms with Crippen molar-refractivity contribution < 1.29 is 14.7 Å². The number of nitrogens with zero attached hydrogens (tertiary/aromatic N) is 1. The number of hydrogen-bond donors (Lipinski definition) is 2. The fourth-order valence-corrected chi connectivity index (χ4v) is 1.59. The third-order valence-electron chi connectivity index (χ3n) is 2.49. The van der Waals surface area contributed by atoms with Crippen LogP contribution in [0.2, 0.25) is 0 Å². The number of rotatable bonds is 4. The number of anilines is 1. The van der Waals surface area contributed by atoms with Gasteiger partial charge in [-0.3, -0.25) is 9.78 Å². The lowest BCUT2D eigenvalue weighted by molar-refractivity contribution is -0.131. The Kier molecular flexibility index (Phi) is 4.24. The molecule has 2 aromatic rings. The quantitative estimate of drug-likeness (QED) is 0.835. The number of amides is 1. The van der Waals surface area contributed by atoms with Gasteiger partial charge in [-0.05, 0) is 35.9 Å². The molecule has 0 radical (unpaired) electrons. The van der Waals surface area contributed by atoms with Gasteiger partial charge in [-0.25, -0.2) is 4.79 Å². The van der Waals surface area contributed by atoms with E-state index in [1.165, 1.54) is 12.3 Å². The Morgan fingerprint density at radius 2 is 2.05 bits per heavy atom. The molecule has 1 aromatic heterocycles. The van der Waals surface area contributed by atoms with Crippen LogP contribution in [0.15, 0.2) is 54.9 Å². The summed E-state index contributed by atoms with van der Waals surface area (Å²) in [4.78, 5) is 26.3. The first-order valence-electron chi connectivity index (χ1n) is 5.87. The first-order chi connectivity index (χ1) is 9.65. The van der Waals surface area contributed by atoms with E-state index in [9.17, 15) is 9.59 Å². The largest absolute Gasteiger partial charge is 0.478 e. The maximum Gasteiger partial charge on any atom is 0.328 e. The van der Waals surface area contributed by atoms with Crippen LogP contribution in [0.1, 0.15) is 15.9 Å². The molecule has 0 saturated heterocycles. The number of carboxylic acids is 1. The fraction of sp³-hybridized carbons (Fsp3) is 0. The average molecular weight is 268 g/mol. The molecular weight excluding hydrogens is 256 g/mol. The van der Waals surface area contributed by atoms with E-state index in [0.29, 0.717) is 16.8 Å². The molecule has 100 valence electrons. The van der Waals surface area contributed by atoms with Crippen LogP contribution in [0.5, 0.6) is 0 Å². The first-order valence-corrected chi connectivity index (χ1v) is 5.87. The van der Waals surface area contributed by atoms with Crippen molar-refractivity contribution in [1.82, 2.24) is 4.98 Å². The molecule has 5 heteroatoms. The highest BCUT2D eigenvalue weighted by molar-refractivity contribution is 6.04. The predicted molar refractivity (Wildman–Crippen MR) is 75.3 cm³/mol. The normalized spacial score (nSPS) is 10.4. The van der Waals surface area contributed by atoms with E-state index >= 15 is 0 Å². The van der Waals surface area contributed by atoms with Crippen LogP contribution in [0, 0.1) is 0 Å². The maximum atomic E-state index is 11.9. The van der Waals surface area contributed by atoms with Crippen molar-refractivity contribution in [3.05, 3.63) is 66.0 Å². The molecule has 1 amide bonds. The molecule has 0 atom stereocenters. The molecule has 2 N–H and O–H groups in total. The van der Waals surface area contributed by atoms with Crippen molar-refractivity contribution in [3.8, 4) is 0 Å². The Morgan fingerprint density at radius 3 is 2.75 bits per heavy atom. The van der Waals surface area contributed by atoms with E-state index in [4.69, 9.17) is 5.11 Å². The molecule has 0 aliphatic carbocycles. The zero-order valence-electron chi connectivity index (χ0n) is 10.5. The minimum atomic E-state index is -1.02. The van der Waals surface area contributed by atoms with Gasteiger partial charge in [0.15, 0.2) is 0 Å². The molecule has 5 nitrogen and oxygen atoms in total. The highest BCUT2D eigenvalue weighted by Gasteiger charge is 2.05. The Balaban J connectivity index is 2.12. The number of aromatic nitrogens is 1. The standard InChI is InChI=1S/C15H12N2O3/c18-14(19)7-6-11-3-1-5-13(9-11)17-15(20)12-4-2-8-16-10-12/h1-10H,(H,17,20)(H,18,19)/b7-6+. The van der Waals surface area contributed by atoms with Gasteiger partial charge in [0.25, 0.3) is 5.91 Å². The third kappa shape index (κ3) is 3.78. The van der Waals surface area contributed by atoms with Gasteiger partial charge in [-0.2, -0.15) is 0 Å². The molecule has 0 aliphatic heterocycles. The van der Waals surface area contributed by atoms with Gasteiger partial charge in [0.1, 0.15) is 0 Å². The Bertz CT molecular complexity index is 651. The number of nitrogens with one attached hydrogen (secondary N) is 1. The molecule has 0 aliphatic rings. The molecule has 0 saturated carbocycles. The summed E-state index contributed by atoms with van der Waals surface area (Å²) in [5, 5.41) is 11.3. The number of hydrogen-bond acceptors (Lipinski definition) is 3. The lowest BCUT2D eigenvalue weighted by Crippen LogP contribution is -2.11. The van der Waals surface area contributed by atoms with Crippen LogP contribution in [-0.2, 0) is 4.79 Å². The predicted octanol–water partition coefficient (Wildman–Crippen LogP) is 2.43. The van der Waals surface area contributed by atoms with Gasteiger partial charge < -0.3 is 10.4 Å². The average Bonchev–Trinajstić information content (AvgIpc) is 2.46. The Labute approximate surface area is 115 Å². The van der Waals surface area contributed by atoms with Gasteiger partial charge >= 0.3 is 5.97 Å². The van der Waals surface area contributed by atoms with Gasteiger partial charge in [-0.15, -0.1) is 0 Å². The minimum absolute atomic E-state index is 0.266. The van der Waals surface area contributed by atoms with Crippen LogP contribution in [0.3, 0.4) is 0 Å². The number of benzene rings is 1. The molecule has 2 rings (SSSR count). The summed E-state index contributed by atoms with van der Waals surface area (Å²) in [7, 11) is 0. The van der Waals surface area contributed by atoms with E-state index in [2.05, 4.69) is 10.3 Å². The monoisotopic (exact) mass is 268 g/mol. The lowest BCUT2D eigenvalue weighted by atomic mass is 10.2. The van der Waals surface area contributed by atoms with Gasteiger partial charge in [0, 0.05) is 24.2 Å². The second-order valence-electron chi connectivity index (χ2n) is 3.99. The molecule has 1 aromatic carbocycles. The second-order valence-corrected chi connectivity index (χ2v) is 3.99. The van der Waals surface area contributed by atoms with Crippen LogP contribution in [-0.4, -0.2) is 22.0 Å². The number of pyridine rings is 1. The van der Waals surface area contributed by atoms with Crippen LogP contribution in [0.4, 0.5) is 5.69 Å². The lowest BCUT2D eigenvalue weighted by Gasteiger charge is -2.05. The zero-order chi connectivity index (χ0) is 14.4. The Hall–Kier alpha value is -2.95. The summed E-state index contributed by atoms with van der Waals surface area (Å²) < 4.78 is 0. The van der Waals surface area contributed by atoms with Crippen molar-refractivity contribution in [2.24, 2.45) is 0 Å². The fourth-order valence-electron chi connectivity index (χ4n) is 1.59. The van der Waals surface area contributed by atoms with E-state index in [1.54, 1.807) is 42.6 Å². The van der Waals surface area contributed by atoms with E-state index < -0.39 is 5.97 Å². The summed E-state index contributed by atoms with van der Waals surface area (Å²) in [5.74, 6) is -1.28. The van der Waals surface area contributed by atoms with Crippen molar-refractivity contribution in [3.63, 3.8) is 0 Å². The molecule has 0 spiro atoms. The number of carbonyl (C=O) groups is 2. The number of carbonyl (C=O) groups excluding carboxylic acids is 1. The topological polar surface area (TPSA) is 79.3 Å². The number of aliphatic carboxylic acids is 1. The molecule has 0 bridgehead atoms. The highest BCUT2D eigenvalue weighted by Crippen LogP contribution is 2.13. The smallest absolute Gasteiger partial charge is 0.328 e. The summed E-state index contributed by atoms with van der Waals surface area (Å²) in [6, 6.07) is 10.2. The van der Waals surface area contributed by atoms with Gasteiger partial charge in [-0.1, -0.05) is 12.1 Å². The van der Waals surface area contributed by atoms with E-state index in [0.717, 1.165) is 6.08 Å². The molecule has 1 heterocycles. The highest BCUT2D eigenvalue weighted by atomic mass is 16.4. The first kappa shape index (κ1) is 13.5. The Morgan fingerprint density at radius 1 is 1.20 bits per heavy atom. The summed E-state index contributed by atoms with van der Waals surface area (Å²) in [6.07, 6.45) is 5.57. The van der Waals surface area contributed by atoms with Gasteiger partial charge in [0.2, 0.25) is 0 Å². The summed E-state index contributed by atoms with van der Waals surface area (Å²) in [5.41, 5.74) is 1.74. The van der Waals surface area contributed by atoms with Crippen molar-refractivity contribution in [2.75, 3.05) is 5.32 Å². The maximum absolute atomic E-state index is 11.9. The SMILES string of the molecule is O=C(O)/C=C/c1cccc(NC(=O)c2cccnc2)c1. The zero-order valence-corrected chi connectivity index (χ0v) is 10.5. The van der Waals surface area contributed by atoms with E-state index in [-0.39, 0.29) is 5.91 Å². The molecule has 20 heavy (non-hydrogen) atoms. The minimum Gasteiger partial charge on any atom is -0.478 e. The van der Waals surface area contributed by atoms with Crippen LogP contribution < -0.4 is 5.32 Å². The second kappa shape index (κ2) is 6.29. The third-order valence-corrected chi connectivity index (χ3v) is 2.49. The summed E-state index contributed by atoms with van der Waals surface area (Å²) >= 11 is 0. The van der Waals surface area contributed by atoms with Crippen molar-refractivity contribution in [1.29, 1.82) is 0 Å². The van der Waals surface area contributed by atoms with Crippen LogP contribution in [0.25, 0.3) is 6.08 Å². The van der Waals surface area contributed by atoms with Crippen molar-refractivity contribution in [2.45, 2.75) is 0 Å².